The van der Waals surface area contributed by atoms with Crippen LogP contribution in [0.4, 0.5) is 5.69 Å². The van der Waals surface area contributed by atoms with E-state index in [9.17, 15) is 0 Å². The van der Waals surface area contributed by atoms with Crippen molar-refractivity contribution in [1.29, 1.82) is 0 Å². The summed E-state index contributed by atoms with van der Waals surface area (Å²) in [5.74, 6) is 0.492. The Bertz CT molecular complexity index is 351. The van der Waals surface area contributed by atoms with Crippen molar-refractivity contribution in [3.05, 3.63) is 24.0 Å². The lowest BCUT2D eigenvalue weighted by atomic mass is 10.1. The molecule has 2 unspecified atom stereocenters. The van der Waals surface area contributed by atoms with Crippen LogP contribution in [0.25, 0.3) is 0 Å². The van der Waals surface area contributed by atoms with Crippen molar-refractivity contribution in [2.24, 2.45) is 0 Å². The first-order valence-corrected chi connectivity index (χ1v) is 6.42. The molecule has 2 heterocycles. The number of hydrogen-bond donors (Lipinski definition) is 0. The highest BCUT2D eigenvalue weighted by atomic mass is 16.5. The van der Waals surface area contributed by atoms with Crippen LogP contribution in [0.2, 0.25) is 0 Å². The van der Waals surface area contributed by atoms with Crippen molar-refractivity contribution in [3.8, 4) is 0 Å². The molecule has 94 valence electrons. The number of nitrogens with zero attached hydrogens (tertiary/aromatic N) is 2. The van der Waals surface area contributed by atoms with E-state index in [0.29, 0.717) is 18.1 Å². The molecular weight excluding hydrogens is 212 g/mol. The zero-order valence-corrected chi connectivity index (χ0v) is 11.2. The molecule has 1 aliphatic rings. The lowest BCUT2D eigenvalue weighted by Crippen LogP contribution is -2.45. The first-order chi connectivity index (χ1) is 8.06. The van der Waals surface area contributed by atoms with Gasteiger partial charge in [0.1, 0.15) is 0 Å². The maximum Gasteiger partial charge on any atom is 0.0726 e. The molecule has 2 rings (SSSR count). The van der Waals surface area contributed by atoms with E-state index in [4.69, 9.17) is 4.74 Å². The van der Waals surface area contributed by atoms with E-state index in [1.165, 1.54) is 5.69 Å². The standard InChI is InChI=1S/C14H22N2O/c1-10(2)14-6-5-13(7-15-14)16-8-11(3)17-12(4)9-16/h5-7,10-12H,8-9H2,1-4H3. The number of rotatable bonds is 2. The van der Waals surface area contributed by atoms with Crippen molar-refractivity contribution in [1.82, 2.24) is 4.98 Å². The largest absolute Gasteiger partial charge is 0.372 e. The zero-order chi connectivity index (χ0) is 12.4. The lowest BCUT2D eigenvalue weighted by molar-refractivity contribution is -0.00523. The average molecular weight is 234 g/mol. The van der Waals surface area contributed by atoms with Gasteiger partial charge in [0, 0.05) is 18.8 Å². The Hall–Kier alpha value is -1.09. The van der Waals surface area contributed by atoms with Crippen LogP contribution in [-0.4, -0.2) is 30.3 Å². The van der Waals surface area contributed by atoms with Gasteiger partial charge in [0.2, 0.25) is 0 Å². The van der Waals surface area contributed by atoms with E-state index in [1.807, 2.05) is 6.20 Å². The molecule has 0 saturated carbocycles. The summed E-state index contributed by atoms with van der Waals surface area (Å²) in [4.78, 5) is 6.88. The lowest BCUT2D eigenvalue weighted by Gasteiger charge is -2.36. The van der Waals surface area contributed by atoms with E-state index >= 15 is 0 Å². The van der Waals surface area contributed by atoms with Crippen molar-refractivity contribution in [2.75, 3.05) is 18.0 Å². The maximum absolute atomic E-state index is 5.74. The summed E-state index contributed by atoms with van der Waals surface area (Å²) >= 11 is 0. The summed E-state index contributed by atoms with van der Waals surface area (Å²) in [6.07, 6.45) is 2.58. The van der Waals surface area contributed by atoms with Gasteiger partial charge in [0.05, 0.1) is 24.1 Å². The van der Waals surface area contributed by atoms with Gasteiger partial charge in [-0.2, -0.15) is 0 Å². The first-order valence-electron chi connectivity index (χ1n) is 6.42. The maximum atomic E-state index is 5.74. The molecule has 0 aliphatic carbocycles. The highest BCUT2D eigenvalue weighted by Gasteiger charge is 2.22. The third-order valence-corrected chi connectivity index (χ3v) is 3.15. The second kappa shape index (κ2) is 5.05. The van der Waals surface area contributed by atoms with Crippen LogP contribution in [0.5, 0.6) is 0 Å². The minimum absolute atomic E-state index is 0.295. The van der Waals surface area contributed by atoms with Crippen molar-refractivity contribution >= 4 is 5.69 Å². The summed E-state index contributed by atoms with van der Waals surface area (Å²) in [6, 6.07) is 4.30. The van der Waals surface area contributed by atoms with Crippen LogP contribution in [0, 0.1) is 0 Å². The number of hydrogen-bond acceptors (Lipinski definition) is 3. The number of morpholine rings is 1. The number of pyridine rings is 1. The summed E-state index contributed by atoms with van der Waals surface area (Å²) in [5.41, 5.74) is 2.36. The highest BCUT2D eigenvalue weighted by Crippen LogP contribution is 2.21. The molecule has 0 amide bonds. The summed E-state index contributed by atoms with van der Waals surface area (Å²) < 4.78 is 5.74. The van der Waals surface area contributed by atoms with Gasteiger partial charge in [-0.1, -0.05) is 13.8 Å². The Kier molecular flexibility index (Phi) is 3.67. The number of anilines is 1. The highest BCUT2D eigenvalue weighted by molar-refractivity contribution is 5.45. The van der Waals surface area contributed by atoms with Crippen molar-refractivity contribution in [3.63, 3.8) is 0 Å². The van der Waals surface area contributed by atoms with E-state index in [1.54, 1.807) is 0 Å². The number of aromatic nitrogens is 1. The van der Waals surface area contributed by atoms with Crippen molar-refractivity contribution in [2.45, 2.75) is 45.8 Å². The van der Waals surface area contributed by atoms with Gasteiger partial charge in [-0.3, -0.25) is 4.98 Å². The average Bonchev–Trinajstić information content (AvgIpc) is 2.28. The van der Waals surface area contributed by atoms with E-state index in [0.717, 1.165) is 18.8 Å². The minimum atomic E-state index is 0.295. The molecule has 1 fully saturated rings. The molecular formula is C14H22N2O. The van der Waals surface area contributed by atoms with E-state index < -0.39 is 0 Å². The predicted molar refractivity (Wildman–Crippen MR) is 70.5 cm³/mol. The molecule has 0 radical (unpaired) electrons. The second-order valence-electron chi connectivity index (χ2n) is 5.26. The molecule has 3 nitrogen and oxygen atoms in total. The van der Waals surface area contributed by atoms with Gasteiger partial charge in [-0.05, 0) is 31.9 Å². The molecule has 17 heavy (non-hydrogen) atoms. The van der Waals surface area contributed by atoms with Gasteiger partial charge in [-0.25, -0.2) is 0 Å². The second-order valence-corrected chi connectivity index (χ2v) is 5.26. The van der Waals surface area contributed by atoms with Gasteiger partial charge in [-0.15, -0.1) is 0 Å². The Labute approximate surface area is 104 Å². The Balaban J connectivity index is 2.11. The molecule has 2 atom stereocenters. The summed E-state index contributed by atoms with van der Waals surface area (Å²) in [5, 5.41) is 0. The predicted octanol–water partition coefficient (Wildman–Crippen LogP) is 2.82. The fourth-order valence-corrected chi connectivity index (χ4v) is 2.31. The molecule has 3 heteroatoms. The van der Waals surface area contributed by atoms with Crippen LogP contribution in [0.3, 0.4) is 0 Å². The Morgan fingerprint density at radius 3 is 2.35 bits per heavy atom. The Morgan fingerprint density at radius 1 is 1.24 bits per heavy atom. The smallest absolute Gasteiger partial charge is 0.0726 e. The van der Waals surface area contributed by atoms with Crippen LogP contribution in [-0.2, 0) is 4.74 Å². The quantitative estimate of drug-likeness (QED) is 0.787. The molecule has 1 aromatic rings. The van der Waals surface area contributed by atoms with Crippen LogP contribution in [0.1, 0.15) is 39.3 Å². The topological polar surface area (TPSA) is 25.4 Å². The normalized spacial score (nSPS) is 25.4. The molecule has 0 spiro atoms. The third-order valence-electron chi connectivity index (χ3n) is 3.15. The minimum Gasteiger partial charge on any atom is -0.372 e. The molecule has 1 aromatic heterocycles. The molecule has 0 aromatic carbocycles. The van der Waals surface area contributed by atoms with Gasteiger partial charge in [0.25, 0.3) is 0 Å². The number of ether oxygens (including phenoxy) is 1. The summed E-state index contributed by atoms with van der Waals surface area (Å²) in [7, 11) is 0. The monoisotopic (exact) mass is 234 g/mol. The summed E-state index contributed by atoms with van der Waals surface area (Å²) in [6.45, 7) is 10.5. The van der Waals surface area contributed by atoms with E-state index in [-0.39, 0.29) is 0 Å². The molecule has 0 N–H and O–H groups in total. The molecule has 0 bridgehead atoms. The van der Waals surface area contributed by atoms with Crippen LogP contribution < -0.4 is 4.90 Å². The van der Waals surface area contributed by atoms with Gasteiger partial charge in [0.15, 0.2) is 0 Å². The van der Waals surface area contributed by atoms with Gasteiger partial charge >= 0.3 is 0 Å². The fraction of sp³-hybridized carbons (Fsp3) is 0.643. The molecule has 1 aliphatic heterocycles. The third kappa shape index (κ3) is 2.97. The SMILES string of the molecule is CC1CN(c2ccc(C(C)C)nc2)CC(C)O1. The van der Waals surface area contributed by atoms with Crippen LogP contribution in [0.15, 0.2) is 18.3 Å². The zero-order valence-electron chi connectivity index (χ0n) is 11.2. The van der Waals surface area contributed by atoms with Gasteiger partial charge < -0.3 is 9.64 Å². The first kappa shape index (κ1) is 12.4. The Morgan fingerprint density at radius 2 is 1.88 bits per heavy atom. The molecule has 1 saturated heterocycles. The van der Waals surface area contributed by atoms with Crippen molar-refractivity contribution < 1.29 is 4.74 Å². The van der Waals surface area contributed by atoms with Crippen LogP contribution >= 0.6 is 0 Å². The fourth-order valence-electron chi connectivity index (χ4n) is 2.31. The van der Waals surface area contributed by atoms with E-state index in [2.05, 4.69) is 49.7 Å².